The van der Waals surface area contributed by atoms with Gasteiger partial charge in [-0.2, -0.15) is 0 Å². The number of fused-ring (bicyclic) bond motifs is 1. The van der Waals surface area contributed by atoms with E-state index in [0.717, 1.165) is 25.4 Å². The first-order valence-electron chi connectivity index (χ1n) is 7.72. The first kappa shape index (κ1) is 16.7. The van der Waals surface area contributed by atoms with Gasteiger partial charge in [-0.3, -0.25) is 0 Å². The third kappa shape index (κ3) is 3.31. The Hall–Kier alpha value is -2.78. The lowest BCUT2D eigenvalue weighted by Gasteiger charge is -2.10. The summed E-state index contributed by atoms with van der Waals surface area (Å²) in [5, 5.41) is 7.01. The lowest BCUT2D eigenvalue weighted by molar-refractivity contribution is 1.16. The number of nitrogens with two attached hydrogens (primary N) is 1. The van der Waals surface area contributed by atoms with E-state index < -0.39 is 0 Å². The van der Waals surface area contributed by atoms with Crippen LogP contribution in [0, 0.1) is 6.92 Å². The lowest BCUT2D eigenvalue weighted by Crippen LogP contribution is -2.05. The molecule has 3 heterocycles. The molecule has 3 aromatic heterocycles. The number of nitrogen functional groups attached to an aromatic ring is 1. The van der Waals surface area contributed by atoms with Crippen LogP contribution >= 0.6 is 27.3 Å². The summed E-state index contributed by atoms with van der Waals surface area (Å²) in [5.74, 6) is 1.62. The quantitative estimate of drug-likeness (QED) is 0.436. The second-order valence-corrected chi connectivity index (χ2v) is 7.48. The summed E-state index contributed by atoms with van der Waals surface area (Å²) in [7, 11) is 0. The van der Waals surface area contributed by atoms with E-state index in [1.807, 2.05) is 37.3 Å². The number of rotatable bonds is 4. The summed E-state index contributed by atoms with van der Waals surface area (Å²) >= 11 is 4.91. The highest BCUT2D eigenvalue weighted by molar-refractivity contribution is 9.10. The van der Waals surface area contributed by atoms with E-state index >= 15 is 0 Å². The maximum atomic E-state index is 6.22. The summed E-state index contributed by atoms with van der Waals surface area (Å²) in [6.07, 6.45) is 3.14. The summed E-state index contributed by atoms with van der Waals surface area (Å²) in [6.45, 7) is 2.04. The molecule has 4 rings (SSSR count). The van der Waals surface area contributed by atoms with Gasteiger partial charge in [0.25, 0.3) is 0 Å². The van der Waals surface area contributed by atoms with Gasteiger partial charge >= 0.3 is 0 Å². The molecule has 0 fully saturated rings. The standard InChI is InChI=1S/C17H14BrN7S/c1-9-3-2-4-11-14(9)24-17(26-11)25-16-13(19)15(21-8-22-16)23-12-6-5-10(18)7-20-12/h2-8H,19H2,1H3,(H2,20,21,22,23,24,25). The Labute approximate surface area is 161 Å². The van der Waals surface area contributed by atoms with Gasteiger partial charge in [0, 0.05) is 10.7 Å². The maximum Gasteiger partial charge on any atom is 0.189 e. The second kappa shape index (κ2) is 6.85. The Bertz CT molecular complexity index is 1080. The molecule has 0 atom stereocenters. The number of nitrogens with one attached hydrogen (secondary N) is 2. The fraction of sp³-hybridized carbons (Fsp3) is 0.0588. The maximum absolute atomic E-state index is 6.22. The Morgan fingerprint density at radius 3 is 2.58 bits per heavy atom. The molecule has 7 nitrogen and oxygen atoms in total. The second-order valence-electron chi connectivity index (χ2n) is 5.54. The minimum Gasteiger partial charge on any atom is -0.393 e. The number of hydrogen-bond donors (Lipinski definition) is 3. The zero-order chi connectivity index (χ0) is 18.1. The number of nitrogens with zero attached hydrogens (tertiary/aromatic N) is 4. The van der Waals surface area contributed by atoms with Crippen LogP contribution in [0.25, 0.3) is 10.2 Å². The number of thiazole rings is 1. The Balaban J connectivity index is 1.62. The number of para-hydroxylation sites is 1. The van der Waals surface area contributed by atoms with Crippen LogP contribution in [0.5, 0.6) is 0 Å². The van der Waals surface area contributed by atoms with Crippen LogP contribution in [0.4, 0.5) is 28.3 Å². The summed E-state index contributed by atoms with van der Waals surface area (Å²) < 4.78 is 2.00. The molecule has 130 valence electrons. The van der Waals surface area contributed by atoms with Gasteiger partial charge in [0.15, 0.2) is 16.8 Å². The first-order valence-corrected chi connectivity index (χ1v) is 9.33. The van der Waals surface area contributed by atoms with Crippen LogP contribution in [-0.4, -0.2) is 19.9 Å². The minimum atomic E-state index is 0.396. The van der Waals surface area contributed by atoms with Gasteiger partial charge in [0.2, 0.25) is 0 Å². The van der Waals surface area contributed by atoms with Gasteiger partial charge in [-0.05, 0) is 46.6 Å². The van der Waals surface area contributed by atoms with Crippen molar-refractivity contribution in [1.82, 2.24) is 19.9 Å². The molecular formula is C17H14BrN7S. The molecule has 0 aliphatic rings. The molecule has 0 aliphatic heterocycles. The lowest BCUT2D eigenvalue weighted by atomic mass is 10.2. The topological polar surface area (TPSA) is 102 Å². The molecule has 4 aromatic rings. The van der Waals surface area contributed by atoms with Crippen molar-refractivity contribution in [3.63, 3.8) is 0 Å². The molecule has 1 aromatic carbocycles. The van der Waals surface area contributed by atoms with E-state index in [9.17, 15) is 0 Å². The number of pyridine rings is 1. The van der Waals surface area contributed by atoms with Gasteiger partial charge in [0.1, 0.15) is 17.8 Å². The molecule has 9 heteroatoms. The summed E-state index contributed by atoms with van der Waals surface area (Å²) in [5.41, 5.74) is 8.73. The Morgan fingerprint density at radius 1 is 1.04 bits per heavy atom. The van der Waals surface area contributed by atoms with Gasteiger partial charge < -0.3 is 16.4 Å². The number of anilines is 5. The minimum absolute atomic E-state index is 0.396. The van der Waals surface area contributed by atoms with Crippen LogP contribution in [0.15, 0.2) is 47.3 Å². The monoisotopic (exact) mass is 427 g/mol. The van der Waals surface area contributed by atoms with Gasteiger partial charge in [0.05, 0.1) is 10.2 Å². The van der Waals surface area contributed by atoms with Crippen molar-refractivity contribution in [2.24, 2.45) is 0 Å². The fourth-order valence-corrected chi connectivity index (χ4v) is 3.58. The van der Waals surface area contributed by atoms with E-state index in [-0.39, 0.29) is 0 Å². The van der Waals surface area contributed by atoms with Gasteiger partial charge in [-0.25, -0.2) is 19.9 Å². The average Bonchev–Trinajstić information content (AvgIpc) is 3.04. The molecule has 0 saturated heterocycles. The van der Waals surface area contributed by atoms with E-state index in [1.165, 1.54) is 6.33 Å². The fourth-order valence-electron chi connectivity index (χ4n) is 2.41. The van der Waals surface area contributed by atoms with Crippen LogP contribution < -0.4 is 16.4 Å². The molecule has 0 amide bonds. The van der Waals surface area contributed by atoms with Crippen LogP contribution in [-0.2, 0) is 0 Å². The number of aryl methyl sites for hydroxylation is 1. The van der Waals surface area contributed by atoms with E-state index in [0.29, 0.717) is 23.1 Å². The normalized spacial score (nSPS) is 10.8. The smallest absolute Gasteiger partial charge is 0.189 e. The van der Waals surface area contributed by atoms with E-state index in [1.54, 1.807) is 17.5 Å². The Kier molecular flexibility index (Phi) is 4.39. The molecule has 0 spiro atoms. The molecule has 0 unspecified atom stereocenters. The molecule has 0 radical (unpaired) electrons. The summed E-state index contributed by atoms with van der Waals surface area (Å²) in [6, 6.07) is 9.81. The number of hydrogen-bond acceptors (Lipinski definition) is 8. The van der Waals surface area contributed by atoms with Crippen molar-refractivity contribution in [1.29, 1.82) is 0 Å². The highest BCUT2D eigenvalue weighted by Gasteiger charge is 2.12. The Morgan fingerprint density at radius 2 is 1.85 bits per heavy atom. The predicted molar refractivity (Wildman–Crippen MR) is 109 cm³/mol. The van der Waals surface area contributed by atoms with Crippen molar-refractivity contribution in [3.8, 4) is 0 Å². The number of benzene rings is 1. The number of aromatic nitrogens is 4. The first-order chi connectivity index (χ1) is 12.6. The molecule has 26 heavy (non-hydrogen) atoms. The van der Waals surface area contributed by atoms with Gasteiger partial charge in [-0.1, -0.05) is 23.5 Å². The van der Waals surface area contributed by atoms with E-state index in [2.05, 4.69) is 46.5 Å². The zero-order valence-electron chi connectivity index (χ0n) is 13.7. The average molecular weight is 428 g/mol. The predicted octanol–water partition coefficient (Wildman–Crippen LogP) is 4.62. The summed E-state index contributed by atoms with van der Waals surface area (Å²) in [4.78, 5) is 17.3. The SMILES string of the molecule is Cc1cccc2sc(Nc3ncnc(Nc4ccc(Br)cn4)c3N)nc12. The van der Waals surface area contributed by atoms with Crippen LogP contribution in [0.3, 0.4) is 0 Å². The largest absolute Gasteiger partial charge is 0.393 e. The van der Waals surface area contributed by atoms with Crippen molar-refractivity contribution in [2.75, 3.05) is 16.4 Å². The van der Waals surface area contributed by atoms with Crippen LogP contribution in [0.2, 0.25) is 0 Å². The van der Waals surface area contributed by atoms with Gasteiger partial charge in [-0.15, -0.1) is 0 Å². The van der Waals surface area contributed by atoms with Crippen molar-refractivity contribution >= 4 is 65.8 Å². The zero-order valence-corrected chi connectivity index (χ0v) is 16.1. The molecule has 0 bridgehead atoms. The molecule has 0 saturated carbocycles. The van der Waals surface area contributed by atoms with Crippen molar-refractivity contribution in [2.45, 2.75) is 6.92 Å². The van der Waals surface area contributed by atoms with Crippen LogP contribution in [0.1, 0.15) is 5.56 Å². The van der Waals surface area contributed by atoms with Crippen molar-refractivity contribution < 1.29 is 0 Å². The third-order valence-electron chi connectivity index (χ3n) is 3.70. The third-order valence-corrected chi connectivity index (χ3v) is 5.11. The number of halogens is 1. The molecule has 0 aliphatic carbocycles. The highest BCUT2D eigenvalue weighted by atomic mass is 79.9. The highest BCUT2D eigenvalue weighted by Crippen LogP contribution is 2.32. The van der Waals surface area contributed by atoms with Crippen molar-refractivity contribution in [3.05, 3.63) is 52.9 Å². The molecule has 4 N–H and O–H groups in total. The van der Waals surface area contributed by atoms with E-state index in [4.69, 9.17) is 5.73 Å². The molecular weight excluding hydrogens is 414 g/mol.